The lowest BCUT2D eigenvalue weighted by Crippen LogP contribution is -2.44. The van der Waals surface area contributed by atoms with Gasteiger partial charge >= 0.3 is 6.18 Å². The smallest absolute Gasteiger partial charge is 0.355 e. The maximum atomic E-state index is 13.1. The number of hydrogen-bond acceptors (Lipinski definition) is 6. The summed E-state index contributed by atoms with van der Waals surface area (Å²) < 4.78 is 38.5. The van der Waals surface area contributed by atoms with E-state index < -0.39 is 11.7 Å². The fourth-order valence-electron chi connectivity index (χ4n) is 4.12. The van der Waals surface area contributed by atoms with Gasteiger partial charge in [-0.1, -0.05) is 11.6 Å². The Hall–Kier alpha value is -2.07. The molecule has 2 aliphatic heterocycles. The summed E-state index contributed by atoms with van der Waals surface area (Å²) in [5, 5.41) is 2.92. The van der Waals surface area contributed by atoms with Gasteiger partial charge < -0.3 is 14.7 Å². The predicted molar refractivity (Wildman–Crippen MR) is 115 cm³/mol. The van der Waals surface area contributed by atoms with Crippen molar-refractivity contribution in [2.45, 2.75) is 25.4 Å². The number of amides is 1. The molecule has 4 rings (SSSR count). The van der Waals surface area contributed by atoms with Crippen LogP contribution >= 0.6 is 22.9 Å². The zero-order valence-electron chi connectivity index (χ0n) is 16.8. The normalized spacial score (nSPS) is 18.9. The van der Waals surface area contributed by atoms with E-state index in [1.807, 2.05) is 15.2 Å². The number of carbonyl (C=O) groups excluding carboxylic acids is 1. The summed E-state index contributed by atoms with van der Waals surface area (Å²) in [5.74, 6) is 0.414. The molecule has 2 aliphatic rings. The van der Waals surface area contributed by atoms with Gasteiger partial charge in [-0.3, -0.25) is 4.79 Å². The number of rotatable bonds is 3. The van der Waals surface area contributed by atoms with Crippen molar-refractivity contribution in [3.63, 3.8) is 0 Å². The maximum absolute atomic E-state index is 13.1. The van der Waals surface area contributed by atoms with Gasteiger partial charge in [-0.15, -0.1) is 11.3 Å². The number of halogens is 4. The zero-order valence-corrected chi connectivity index (χ0v) is 18.4. The number of anilines is 2. The molecule has 168 valence electrons. The molecule has 0 atom stereocenters. The molecule has 0 N–H and O–H groups in total. The number of alkyl halides is 3. The Kier molecular flexibility index (Phi) is 6.57. The fourth-order valence-corrected chi connectivity index (χ4v) is 5.10. The van der Waals surface area contributed by atoms with Crippen LogP contribution in [0.1, 0.15) is 24.8 Å². The Morgan fingerprint density at radius 2 is 1.84 bits per heavy atom. The number of nitrogens with zero attached hydrogens (tertiary/aromatic N) is 5. The molecule has 2 fully saturated rings. The van der Waals surface area contributed by atoms with Gasteiger partial charge in [0, 0.05) is 63.0 Å². The number of pyridine rings is 1. The van der Waals surface area contributed by atoms with Crippen molar-refractivity contribution < 1.29 is 18.0 Å². The minimum Gasteiger partial charge on any atom is -0.355 e. The summed E-state index contributed by atoms with van der Waals surface area (Å²) in [6, 6.07) is 0.909. The van der Waals surface area contributed by atoms with Crippen molar-refractivity contribution in [3.8, 4) is 0 Å². The Morgan fingerprint density at radius 3 is 2.48 bits per heavy atom. The molecule has 1 amide bonds. The summed E-state index contributed by atoms with van der Waals surface area (Å²) in [6.45, 7) is 4.12. The third-order valence-electron chi connectivity index (χ3n) is 5.79. The predicted octanol–water partition coefficient (Wildman–Crippen LogP) is 4.17. The molecule has 0 unspecified atom stereocenters. The Labute approximate surface area is 187 Å². The van der Waals surface area contributed by atoms with Crippen LogP contribution < -0.4 is 9.80 Å². The van der Waals surface area contributed by atoms with E-state index in [0.29, 0.717) is 38.3 Å². The second-order valence-electron chi connectivity index (χ2n) is 7.77. The summed E-state index contributed by atoms with van der Waals surface area (Å²) >= 11 is 7.68. The van der Waals surface area contributed by atoms with Gasteiger partial charge in [0.2, 0.25) is 5.91 Å². The first-order valence-corrected chi connectivity index (χ1v) is 11.5. The molecule has 0 spiro atoms. The van der Waals surface area contributed by atoms with Gasteiger partial charge in [0.1, 0.15) is 5.82 Å². The largest absolute Gasteiger partial charge is 0.417 e. The molecule has 11 heteroatoms. The van der Waals surface area contributed by atoms with E-state index in [0.717, 1.165) is 43.4 Å². The van der Waals surface area contributed by atoms with Crippen LogP contribution in [-0.4, -0.2) is 60.0 Å². The Balaban J connectivity index is 1.33. The number of thiazole rings is 1. The molecular weight excluding hydrogens is 451 g/mol. The number of hydrogen-bond donors (Lipinski definition) is 0. The van der Waals surface area contributed by atoms with Gasteiger partial charge in [-0.05, 0) is 25.3 Å². The first-order valence-electron chi connectivity index (χ1n) is 10.2. The summed E-state index contributed by atoms with van der Waals surface area (Å²) in [4.78, 5) is 27.4. The van der Waals surface area contributed by atoms with Gasteiger partial charge in [0.15, 0.2) is 5.13 Å². The van der Waals surface area contributed by atoms with E-state index in [4.69, 9.17) is 11.6 Å². The monoisotopic (exact) mass is 473 g/mol. The first-order chi connectivity index (χ1) is 14.8. The topological polar surface area (TPSA) is 52.6 Å². The van der Waals surface area contributed by atoms with Gasteiger partial charge in [0.25, 0.3) is 0 Å². The highest BCUT2D eigenvalue weighted by Gasteiger charge is 2.34. The van der Waals surface area contributed by atoms with E-state index in [1.54, 1.807) is 17.5 Å². The van der Waals surface area contributed by atoms with Crippen molar-refractivity contribution in [3.05, 3.63) is 34.4 Å². The SMILES string of the molecule is O=C(C1CCN(c2ncc(C(F)(F)F)cc2Cl)CC1)N1CCCN(c2nccs2)CC1. The van der Waals surface area contributed by atoms with Crippen LogP contribution in [-0.2, 0) is 11.0 Å². The third kappa shape index (κ3) is 5.06. The molecule has 0 radical (unpaired) electrons. The van der Waals surface area contributed by atoms with E-state index >= 15 is 0 Å². The van der Waals surface area contributed by atoms with E-state index in [-0.39, 0.29) is 16.8 Å². The molecule has 4 heterocycles. The number of carbonyl (C=O) groups is 1. The summed E-state index contributed by atoms with van der Waals surface area (Å²) in [5.41, 5.74) is -0.862. The average molecular weight is 474 g/mol. The van der Waals surface area contributed by atoms with E-state index in [9.17, 15) is 18.0 Å². The molecule has 31 heavy (non-hydrogen) atoms. The molecule has 0 aliphatic carbocycles. The second-order valence-corrected chi connectivity index (χ2v) is 9.05. The lowest BCUT2D eigenvalue weighted by Gasteiger charge is -2.35. The highest BCUT2D eigenvalue weighted by atomic mass is 35.5. The average Bonchev–Trinajstić information content (AvgIpc) is 3.17. The lowest BCUT2D eigenvalue weighted by atomic mass is 9.95. The summed E-state index contributed by atoms with van der Waals surface area (Å²) in [6.07, 6.45) is 0.282. The van der Waals surface area contributed by atoms with Gasteiger partial charge in [-0.25, -0.2) is 9.97 Å². The molecular formula is C20H23ClF3N5OS. The van der Waals surface area contributed by atoms with Crippen LogP contribution in [0.5, 0.6) is 0 Å². The van der Waals surface area contributed by atoms with Crippen LogP contribution in [0, 0.1) is 5.92 Å². The van der Waals surface area contributed by atoms with Crippen molar-refractivity contribution in [1.29, 1.82) is 0 Å². The molecule has 2 aromatic rings. The van der Waals surface area contributed by atoms with Crippen molar-refractivity contribution >= 4 is 39.8 Å². The minimum atomic E-state index is -4.48. The van der Waals surface area contributed by atoms with Crippen LogP contribution in [0.25, 0.3) is 0 Å². The quantitative estimate of drug-likeness (QED) is 0.670. The molecule has 2 saturated heterocycles. The number of aromatic nitrogens is 2. The Morgan fingerprint density at radius 1 is 1.06 bits per heavy atom. The molecule has 2 aromatic heterocycles. The van der Waals surface area contributed by atoms with Gasteiger partial charge in [-0.2, -0.15) is 13.2 Å². The standard InChI is InChI=1S/C20H23ClF3N5OS/c21-16-12-15(20(22,23)24)13-26-17(16)27-7-2-14(3-8-27)18(30)28-5-1-6-29(10-9-28)19-25-4-11-31-19/h4,11-14H,1-3,5-10H2. The Bertz CT molecular complexity index is 903. The maximum Gasteiger partial charge on any atom is 0.417 e. The van der Waals surface area contributed by atoms with E-state index in [2.05, 4.69) is 14.9 Å². The zero-order chi connectivity index (χ0) is 22.0. The van der Waals surface area contributed by atoms with Crippen LogP contribution in [0.15, 0.2) is 23.8 Å². The van der Waals surface area contributed by atoms with Crippen molar-refractivity contribution in [2.75, 3.05) is 49.1 Å². The fraction of sp³-hybridized carbons (Fsp3) is 0.550. The van der Waals surface area contributed by atoms with Crippen molar-refractivity contribution in [2.24, 2.45) is 5.92 Å². The highest BCUT2D eigenvalue weighted by Crippen LogP contribution is 2.35. The lowest BCUT2D eigenvalue weighted by molar-refractivity contribution is -0.138. The van der Waals surface area contributed by atoms with E-state index in [1.165, 1.54) is 0 Å². The molecule has 0 saturated carbocycles. The van der Waals surface area contributed by atoms with Crippen LogP contribution in [0.2, 0.25) is 5.02 Å². The summed E-state index contributed by atoms with van der Waals surface area (Å²) in [7, 11) is 0. The number of piperidine rings is 1. The minimum absolute atomic E-state index is 0.0191. The third-order valence-corrected chi connectivity index (χ3v) is 6.90. The first kappa shape index (κ1) is 22.1. The molecule has 0 aromatic carbocycles. The molecule has 6 nitrogen and oxygen atoms in total. The highest BCUT2D eigenvalue weighted by molar-refractivity contribution is 7.13. The van der Waals surface area contributed by atoms with Crippen LogP contribution in [0.4, 0.5) is 24.1 Å². The van der Waals surface area contributed by atoms with Gasteiger partial charge in [0.05, 0.1) is 10.6 Å². The molecule has 0 bridgehead atoms. The van der Waals surface area contributed by atoms with Crippen molar-refractivity contribution in [1.82, 2.24) is 14.9 Å². The second kappa shape index (κ2) is 9.20. The van der Waals surface area contributed by atoms with Crippen LogP contribution in [0.3, 0.4) is 0 Å².